The van der Waals surface area contributed by atoms with Crippen LogP contribution in [0.3, 0.4) is 0 Å². The molecule has 0 spiro atoms. The van der Waals surface area contributed by atoms with E-state index >= 15 is 0 Å². The molecule has 0 unspecified atom stereocenters. The highest BCUT2D eigenvalue weighted by atomic mass is 35.5. The number of aromatic nitrogens is 1. The largest absolute Gasteiger partial charge is 0.488 e. The van der Waals surface area contributed by atoms with Crippen molar-refractivity contribution in [3.05, 3.63) is 71.5 Å². The Bertz CT molecular complexity index is 959. The number of anilines is 1. The van der Waals surface area contributed by atoms with E-state index in [2.05, 4.69) is 10.3 Å². The maximum atomic E-state index is 12.1. The van der Waals surface area contributed by atoms with Gasteiger partial charge < -0.3 is 9.47 Å². The van der Waals surface area contributed by atoms with E-state index in [1.54, 1.807) is 48.8 Å². The number of carbonyl (C=O) groups excluding carboxylic acids is 1. The minimum absolute atomic E-state index is 0.303. The fraction of sp³-hybridized carbons (Fsp3) is 0.0526. The molecular weight excluding hydrogens is 340 g/mol. The summed E-state index contributed by atoms with van der Waals surface area (Å²) in [7, 11) is 0. The molecule has 0 radical (unpaired) electrons. The predicted molar refractivity (Wildman–Crippen MR) is 95.1 cm³/mol. The van der Waals surface area contributed by atoms with Gasteiger partial charge in [-0.15, -0.1) is 0 Å². The average molecular weight is 353 g/mol. The molecule has 2 aromatic carbocycles. The first-order chi connectivity index (χ1) is 12.2. The summed E-state index contributed by atoms with van der Waals surface area (Å²) in [5, 5.41) is 3.05. The van der Waals surface area contributed by atoms with Crippen molar-refractivity contribution in [2.45, 2.75) is 6.61 Å². The van der Waals surface area contributed by atoms with Crippen LogP contribution in [0.15, 0.2) is 60.9 Å². The molecule has 1 N–H and O–H groups in total. The molecule has 0 fully saturated rings. The van der Waals surface area contributed by atoms with Crippen LogP contribution in [0.4, 0.5) is 10.5 Å². The van der Waals surface area contributed by atoms with Crippen LogP contribution in [0.2, 0.25) is 5.02 Å². The molecule has 0 saturated carbocycles. The Hall–Kier alpha value is -3.05. The number of carbonyl (C=O) groups is 1. The van der Waals surface area contributed by atoms with Gasteiger partial charge in [0.05, 0.1) is 5.02 Å². The molecule has 1 aliphatic rings. The molecule has 1 amide bonds. The summed E-state index contributed by atoms with van der Waals surface area (Å²) >= 11 is 5.98. The summed E-state index contributed by atoms with van der Waals surface area (Å²) in [4.78, 5) is 16.2. The second-order valence-corrected chi connectivity index (χ2v) is 5.88. The fourth-order valence-corrected chi connectivity index (χ4v) is 2.85. The Morgan fingerprint density at radius 2 is 2.04 bits per heavy atom. The molecule has 124 valence electrons. The molecule has 25 heavy (non-hydrogen) atoms. The normalized spacial score (nSPS) is 11.7. The van der Waals surface area contributed by atoms with Crippen LogP contribution in [-0.4, -0.2) is 11.1 Å². The highest BCUT2D eigenvalue weighted by Gasteiger charge is 2.18. The zero-order valence-corrected chi connectivity index (χ0v) is 13.8. The first kappa shape index (κ1) is 15.5. The lowest BCUT2D eigenvalue weighted by molar-refractivity contribution is 0.215. The zero-order chi connectivity index (χ0) is 17.2. The molecule has 4 rings (SSSR count). The number of pyridine rings is 1. The molecule has 0 bridgehead atoms. The van der Waals surface area contributed by atoms with E-state index in [9.17, 15) is 4.79 Å². The van der Waals surface area contributed by atoms with Crippen LogP contribution >= 0.6 is 11.6 Å². The van der Waals surface area contributed by atoms with E-state index in [-0.39, 0.29) is 0 Å². The Kier molecular flexibility index (Phi) is 3.99. The molecule has 1 aliphatic heterocycles. The number of nitrogens with zero attached hydrogens (tertiary/aromatic N) is 1. The highest BCUT2D eigenvalue weighted by Crippen LogP contribution is 2.38. The maximum Gasteiger partial charge on any atom is 0.417 e. The lowest BCUT2D eigenvalue weighted by Crippen LogP contribution is -2.17. The SMILES string of the molecule is O=C(Nc1ccc2c(c1)OCc1cnccc1-2)Oc1ccccc1Cl. The third-order valence-electron chi connectivity index (χ3n) is 3.84. The summed E-state index contributed by atoms with van der Waals surface area (Å²) in [6, 6.07) is 14.2. The number of para-hydroxylation sites is 1. The van der Waals surface area contributed by atoms with Gasteiger partial charge in [-0.25, -0.2) is 4.79 Å². The molecule has 0 saturated heterocycles. The van der Waals surface area contributed by atoms with Crippen molar-refractivity contribution >= 4 is 23.4 Å². The molecule has 3 aromatic rings. The van der Waals surface area contributed by atoms with Crippen LogP contribution in [0.5, 0.6) is 11.5 Å². The summed E-state index contributed by atoms with van der Waals surface area (Å²) in [5.41, 5.74) is 3.66. The van der Waals surface area contributed by atoms with E-state index < -0.39 is 6.09 Å². The lowest BCUT2D eigenvalue weighted by atomic mass is 9.99. The minimum atomic E-state index is -0.617. The number of amides is 1. The maximum absolute atomic E-state index is 12.1. The Morgan fingerprint density at radius 1 is 1.16 bits per heavy atom. The second-order valence-electron chi connectivity index (χ2n) is 5.48. The Balaban J connectivity index is 1.53. The van der Waals surface area contributed by atoms with E-state index in [4.69, 9.17) is 21.1 Å². The van der Waals surface area contributed by atoms with Crippen molar-refractivity contribution in [1.82, 2.24) is 4.98 Å². The summed E-state index contributed by atoms with van der Waals surface area (Å²) < 4.78 is 11.0. The lowest BCUT2D eigenvalue weighted by Gasteiger charge is -2.21. The monoisotopic (exact) mass is 352 g/mol. The molecule has 0 aliphatic carbocycles. The standard InChI is InChI=1S/C19H13ClN2O3/c20-16-3-1-2-4-17(16)25-19(23)22-13-5-6-15-14-7-8-21-10-12(14)11-24-18(15)9-13/h1-10H,11H2,(H,22,23). The molecule has 5 nitrogen and oxygen atoms in total. The number of nitrogens with one attached hydrogen (secondary N) is 1. The molecular formula is C19H13ClN2O3. The van der Waals surface area contributed by atoms with E-state index in [1.165, 1.54) is 0 Å². The molecule has 1 aromatic heterocycles. The minimum Gasteiger partial charge on any atom is -0.488 e. The zero-order valence-electron chi connectivity index (χ0n) is 13.0. The van der Waals surface area contributed by atoms with Crippen molar-refractivity contribution in [3.63, 3.8) is 0 Å². The number of hydrogen-bond acceptors (Lipinski definition) is 4. The number of hydrogen-bond donors (Lipinski definition) is 1. The van der Waals surface area contributed by atoms with E-state index in [0.29, 0.717) is 28.8 Å². The summed E-state index contributed by atoms with van der Waals surface area (Å²) in [6.07, 6.45) is 2.93. The smallest absolute Gasteiger partial charge is 0.417 e. The van der Waals surface area contributed by atoms with E-state index in [0.717, 1.165) is 16.7 Å². The number of benzene rings is 2. The van der Waals surface area contributed by atoms with Gasteiger partial charge in [-0.3, -0.25) is 10.3 Å². The summed E-state index contributed by atoms with van der Waals surface area (Å²) in [6.45, 7) is 0.448. The van der Waals surface area contributed by atoms with Gasteiger partial charge in [0.1, 0.15) is 12.4 Å². The highest BCUT2D eigenvalue weighted by molar-refractivity contribution is 6.32. The average Bonchev–Trinajstić information content (AvgIpc) is 2.63. The van der Waals surface area contributed by atoms with Gasteiger partial charge in [0.15, 0.2) is 5.75 Å². The van der Waals surface area contributed by atoms with Gasteiger partial charge in [-0.2, -0.15) is 0 Å². The van der Waals surface area contributed by atoms with Crippen molar-refractivity contribution in [2.24, 2.45) is 0 Å². The number of halogens is 1. The second kappa shape index (κ2) is 6.45. The quantitative estimate of drug-likeness (QED) is 0.712. The molecule has 0 atom stereocenters. The van der Waals surface area contributed by atoms with E-state index in [1.807, 2.05) is 12.1 Å². The number of rotatable bonds is 2. The van der Waals surface area contributed by atoms with Gasteiger partial charge in [0.2, 0.25) is 0 Å². The number of fused-ring (bicyclic) bond motifs is 3. The number of ether oxygens (including phenoxy) is 2. The van der Waals surface area contributed by atoms with Crippen LogP contribution in [0.25, 0.3) is 11.1 Å². The van der Waals surface area contributed by atoms with Crippen molar-refractivity contribution < 1.29 is 14.3 Å². The van der Waals surface area contributed by atoms with Gasteiger partial charge in [0, 0.05) is 35.3 Å². The topological polar surface area (TPSA) is 60.5 Å². The predicted octanol–water partition coefficient (Wildman–Crippen LogP) is 4.91. The van der Waals surface area contributed by atoms with Crippen LogP contribution in [-0.2, 0) is 6.61 Å². The Labute approximate surface area is 149 Å². The van der Waals surface area contributed by atoms with Gasteiger partial charge in [0.25, 0.3) is 0 Å². The first-order valence-corrected chi connectivity index (χ1v) is 8.02. The van der Waals surface area contributed by atoms with Gasteiger partial charge in [-0.05, 0) is 35.9 Å². The van der Waals surface area contributed by atoms with Crippen molar-refractivity contribution in [1.29, 1.82) is 0 Å². The van der Waals surface area contributed by atoms with Crippen LogP contribution in [0, 0.1) is 0 Å². The first-order valence-electron chi connectivity index (χ1n) is 7.64. The van der Waals surface area contributed by atoms with Crippen LogP contribution < -0.4 is 14.8 Å². The molecule has 6 heteroatoms. The summed E-state index contributed by atoms with van der Waals surface area (Å²) in [5.74, 6) is 1.01. The third-order valence-corrected chi connectivity index (χ3v) is 4.16. The van der Waals surface area contributed by atoms with Gasteiger partial charge >= 0.3 is 6.09 Å². The third kappa shape index (κ3) is 3.14. The fourth-order valence-electron chi connectivity index (χ4n) is 2.67. The van der Waals surface area contributed by atoms with Crippen LogP contribution in [0.1, 0.15) is 5.56 Å². The van der Waals surface area contributed by atoms with Crippen molar-refractivity contribution in [2.75, 3.05) is 5.32 Å². The Morgan fingerprint density at radius 3 is 2.92 bits per heavy atom. The van der Waals surface area contributed by atoms with Crippen molar-refractivity contribution in [3.8, 4) is 22.6 Å². The van der Waals surface area contributed by atoms with Gasteiger partial charge in [-0.1, -0.05) is 23.7 Å². The molecule has 2 heterocycles.